The zero-order valence-corrected chi connectivity index (χ0v) is 13.1. The Morgan fingerprint density at radius 2 is 1.87 bits per heavy atom. The van der Waals surface area contributed by atoms with Crippen LogP contribution in [-0.2, 0) is 0 Å². The number of aromatic nitrogens is 2. The van der Waals surface area contributed by atoms with E-state index in [0.717, 1.165) is 0 Å². The number of halogens is 3. The third-order valence-corrected chi connectivity index (χ3v) is 3.41. The zero-order valence-electron chi connectivity index (χ0n) is 13.1. The van der Waals surface area contributed by atoms with Crippen molar-refractivity contribution >= 4 is 11.9 Å². The van der Waals surface area contributed by atoms with Gasteiger partial charge < -0.3 is 15.1 Å². The van der Waals surface area contributed by atoms with Gasteiger partial charge in [-0.25, -0.2) is 9.97 Å². The van der Waals surface area contributed by atoms with Crippen molar-refractivity contribution in [3.8, 4) is 0 Å². The number of hydrogen-bond donors (Lipinski definition) is 1. The van der Waals surface area contributed by atoms with Gasteiger partial charge in [0.15, 0.2) is 5.96 Å². The van der Waals surface area contributed by atoms with E-state index in [9.17, 15) is 13.2 Å². The van der Waals surface area contributed by atoms with E-state index in [1.54, 1.807) is 18.5 Å². The highest BCUT2D eigenvalue weighted by Crippen LogP contribution is 2.19. The Balaban J connectivity index is 1.91. The maximum atomic E-state index is 12.2. The highest BCUT2D eigenvalue weighted by atomic mass is 19.4. The molecule has 1 N–H and O–H groups in total. The van der Waals surface area contributed by atoms with E-state index in [1.165, 1.54) is 0 Å². The van der Waals surface area contributed by atoms with E-state index in [2.05, 4.69) is 25.2 Å². The fourth-order valence-electron chi connectivity index (χ4n) is 2.29. The topological polar surface area (TPSA) is 56.7 Å². The Kier molecular flexibility index (Phi) is 6.00. The number of anilines is 1. The lowest BCUT2D eigenvalue weighted by Gasteiger charge is -2.36. The normalized spacial score (nSPS) is 16.6. The summed E-state index contributed by atoms with van der Waals surface area (Å²) in [5.74, 6) is 1.21. The first-order chi connectivity index (χ1) is 11.0. The summed E-state index contributed by atoms with van der Waals surface area (Å²) in [6.45, 7) is 4.99. The molecule has 23 heavy (non-hydrogen) atoms. The van der Waals surface area contributed by atoms with Gasteiger partial charge in [-0.05, 0) is 13.0 Å². The highest BCUT2D eigenvalue weighted by Gasteiger charge is 2.27. The molecule has 0 unspecified atom stereocenters. The van der Waals surface area contributed by atoms with Crippen molar-refractivity contribution in [1.29, 1.82) is 0 Å². The summed E-state index contributed by atoms with van der Waals surface area (Å²) in [4.78, 5) is 16.5. The SMILES string of the molecule is CCNC(=NCCC(F)(F)F)N1CCN(c2ncccn2)CC1. The number of aliphatic imine (C=N–C) groups is 1. The van der Waals surface area contributed by atoms with Crippen LogP contribution < -0.4 is 10.2 Å². The van der Waals surface area contributed by atoms with E-state index in [1.807, 2.05) is 11.8 Å². The van der Waals surface area contributed by atoms with E-state index in [4.69, 9.17) is 0 Å². The Morgan fingerprint density at radius 1 is 1.22 bits per heavy atom. The molecule has 1 fully saturated rings. The van der Waals surface area contributed by atoms with Crippen molar-refractivity contribution in [2.45, 2.75) is 19.5 Å². The second-order valence-corrected chi connectivity index (χ2v) is 5.12. The number of hydrogen-bond acceptors (Lipinski definition) is 4. The molecule has 128 valence electrons. The molecule has 0 atom stereocenters. The fourth-order valence-corrected chi connectivity index (χ4v) is 2.29. The first kappa shape index (κ1) is 17.3. The van der Waals surface area contributed by atoms with Crippen LogP contribution in [-0.4, -0.2) is 66.3 Å². The molecule has 0 radical (unpaired) electrons. The summed E-state index contributed by atoms with van der Waals surface area (Å²) in [5.41, 5.74) is 0. The minimum atomic E-state index is -4.18. The molecule has 0 bridgehead atoms. The lowest BCUT2D eigenvalue weighted by Crippen LogP contribution is -2.53. The first-order valence-corrected chi connectivity index (χ1v) is 7.61. The van der Waals surface area contributed by atoms with Gasteiger partial charge in [0.05, 0.1) is 13.0 Å². The summed E-state index contributed by atoms with van der Waals surface area (Å²) in [7, 11) is 0. The second-order valence-electron chi connectivity index (χ2n) is 5.12. The summed E-state index contributed by atoms with van der Waals surface area (Å²) in [5, 5.41) is 3.05. The molecule has 0 amide bonds. The lowest BCUT2D eigenvalue weighted by molar-refractivity contribution is -0.132. The van der Waals surface area contributed by atoms with Gasteiger partial charge >= 0.3 is 6.18 Å². The average molecular weight is 330 g/mol. The predicted octanol–water partition coefficient (Wildman–Crippen LogP) is 1.52. The van der Waals surface area contributed by atoms with Crippen LogP contribution in [0.4, 0.5) is 19.1 Å². The molecule has 1 aromatic rings. The maximum Gasteiger partial charge on any atom is 0.390 e. The monoisotopic (exact) mass is 330 g/mol. The van der Waals surface area contributed by atoms with Gasteiger partial charge in [0.25, 0.3) is 0 Å². The van der Waals surface area contributed by atoms with Crippen LogP contribution in [0.1, 0.15) is 13.3 Å². The van der Waals surface area contributed by atoms with Crippen LogP contribution in [0.15, 0.2) is 23.5 Å². The van der Waals surface area contributed by atoms with E-state index >= 15 is 0 Å². The maximum absolute atomic E-state index is 12.2. The molecule has 9 heteroatoms. The van der Waals surface area contributed by atoms with E-state index in [0.29, 0.717) is 44.6 Å². The number of nitrogens with zero attached hydrogens (tertiary/aromatic N) is 5. The molecule has 1 aromatic heterocycles. The Morgan fingerprint density at radius 3 is 2.43 bits per heavy atom. The second kappa shape index (κ2) is 7.98. The van der Waals surface area contributed by atoms with Gasteiger partial charge in [-0.15, -0.1) is 0 Å². The van der Waals surface area contributed by atoms with Gasteiger partial charge in [0, 0.05) is 45.1 Å². The summed E-state index contributed by atoms with van der Waals surface area (Å²) in [6, 6.07) is 1.76. The van der Waals surface area contributed by atoms with E-state index in [-0.39, 0.29) is 6.54 Å². The zero-order chi connectivity index (χ0) is 16.7. The van der Waals surface area contributed by atoms with Crippen molar-refractivity contribution in [1.82, 2.24) is 20.2 Å². The minimum Gasteiger partial charge on any atom is -0.357 e. The van der Waals surface area contributed by atoms with Gasteiger partial charge in [0.2, 0.25) is 5.95 Å². The molecule has 1 aliphatic heterocycles. The van der Waals surface area contributed by atoms with Crippen LogP contribution in [0, 0.1) is 0 Å². The molecule has 1 saturated heterocycles. The molecule has 0 aromatic carbocycles. The quantitative estimate of drug-likeness (QED) is 0.670. The number of nitrogens with one attached hydrogen (secondary N) is 1. The van der Waals surface area contributed by atoms with Crippen molar-refractivity contribution < 1.29 is 13.2 Å². The molecule has 2 heterocycles. The van der Waals surface area contributed by atoms with Crippen molar-refractivity contribution in [2.75, 3.05) is 44.2 Å². The average Bonchev–Trinajstić information content (AvgIpc) is 2.54. The standard InChI is InChI=1S/C14H21F3N6/c1-2-18-12(21-7-4-14(15,16)17)22-8-10-23(11-9-22)13-19-5-3-6-20-13/h3,5-6H,2,4,7-11H2,1H3,(H,18,21). The molecule has 2 rings (SSSR count). The van der Waals surface area contributed by atoms with Crippen LogP contribution >= 0.6 is 0 Å². The number of piperazine rings is 1. The lowest BCUT2D eigenvalue weighted by atomic mass is 10.3. The summed E-state index contributed by atoms with van der Waals surface area (Å²) in [6.07, 6.45) is -1.70. The predicted molar refractivity (Wildman–Crippen MR) is 82.5 cm³/mol. The van der Waals surface area contributed by atoms with Crippen LogP contribution in [0.5, 0.6) is 0 Å². The van der Waals surface area contributed by atoms with Crippen molar-refractivity contribution in [3.05, 3.63) is 18.5 Å². The molecule has 0 spiro atoms. The van der Waals surface area contributed by atoms with Crippen LogP contribution in [0.2, 0.25) is 0 Å². The molecule has 1 aliphatic rings. The molecule has 6 nitrogen and oxygen atoms in total. The minimum absolute atomic E-state index is 0.256. The van der Waals surface area contributed by atoms with Gasteiger partial charge in [-0.3, -0.25) is 4.99 Å². The number of alkyl halides is 3. The Labute approximate surface area is 133 Å². The van der Waals surface area contributed by atoms with E-state index < -0.39 is 12.6 Å². The molecule has 0 saturated carbocycles. The first-order valence-electron chi connectivity index (χ1n) is 7.61. The van der Waals surface area contributed by atoms with Crippen LogP contribution in [0.3, 0.4) is 0 Å². The Hall–Kier alpha value is -2.06. The third-order valence-electron chi connectivity index (χ3n) is 3.41. The highest BCUT2D eigenvalue weighted by molar-refractivity contribution is 5.80. The summed E-state index contributed by atoms with van der Waals surface area (Å²) < 4.78 is 36.7. The number of rotatable bonds is 4. The fraction of sp³-hybridized carbons (Fsp3) is 0.643. The summed E-state index contributed by atoms with van der Waals surface area (Å²) >= 11 is 0. The third kappa shape index (κ3) is 5.57. The molecular formula is C14H21F3N6. The van der Waals surface area contributed by atoms with Crippen molar-refractivity contribution in [2.24, 2.45) is 4.99 Å². The van der Waals surface area contributed by atoms with Gasteiger partial charge in [-0.2, -0.15) is 13.2 Å². The Bertz CT molecular complexity index is 497. The van der Waals surface area contributed by atoms with Crippen molar-refractivity contribution in [3.63, 3.8) is 0 Å². The molecular weight excluding hydrogens is 309 g/mol. The van der Waals surface area contributed by atoms with Crippen LogP contribution in [0.25, 0.3) is 0 Å². The molecule has 0 aliphatic carbocycles. The van der Waals surface area contributed by atoms with Gasteiger partial charge in [-0.1, -0.05) is 0 Å². The number of guanidine groups is 1. The smallest absolute Gasteiger partial charge is 0.357 e. The van der Waals surface area contributed by atoms with Gasteiger partial charge in [0.1, 0.15) is 0 Å². The largest absolute Gasteiger partial charge is 0.390 e.